The fourth-order valence-corrected chi connectivity index (χ4v) is 4.84. The van der Waals surface area contributed by atoms with Gasteiger partial charge in [0.1, 0.15) is 6.04 Å². The average molecular weight is 354 g/mol. The van der Waals surface area contributed by atoms with Crippen LogP contribution in [0.25, 0.3) is 10.9 Å². The van der Waals surface area contributed by atoms with Crippen LogP contribution in [0.5, 0.6) is 0 Å². The lowest BCUT2D eigenvalue weighted by molar-refractivity contribution is -0.156. The minimum atomic E-state index is -1.20. The molecule has 2 amide bonds. The largest absolute Gasteiger partial charge is 0.480 e. The zero-order valence-corrected chi connectivity index (χ0v) is 13.9. The summed E-state index contributed by atoms with van der Waals surface area (Å²) >= 11 is 0. The molecule has 0 spiro atoms. The number of rotatable bonds is 4. The molecule has 0 aliphatic carbocycles. The minimum absolute atomic E-state index is 0.0897. The Kier molecular flexibility index (Phi) is 3.24. The maximum absolute atomic E-state index is 12.9. The second-order valence-corrected chi connectivity index (χ2v) is 7.31. The van der Waals surface area contributed by atoms with E-state index in [4.69, 9.17) is 4.74 Å². The topological polar surface area (TPSA) is 99.7 Å². The quantitative estimate of drug-likeness (QED) is 0.807. The maximum atomic E-state index is 12.9. The van der Waals surface area contributed by atoms with Crippen LogP contribution in [0, 0.1) is 11.8 Å². The molecule has 1 aromatic carbocycles. The van der Waals surface area contributed by atoms with Crippen molar-refractivity contribution in [3.8, 4) is 0 Å². The summed E-state index contributed by atoms with van der Waals surface area (Å²) in [6.45, 7) is 0. The zero-order chi connectivity index (χ0) is 18.0. The van der Waals surface area contributed by atoms with E-state index in [9.17, 15) is 19.5 Å². The molecule has 5 rings (SSSR count). The molecule has 26 heavy (non-hydrogen) atoms. The van der Waals surface area contributed by atoms with E-state index >= 15 is 0 Å². The number of carboxylic acid groups (broad SMARTS) is 1. The van der Waals surface area contributed by atoms with Crippen LogP contribution in [-0.2, 0) is 25.5 Å². The third-order valence-corrected chi connectivity index (χ3v) is 6.00. The standard InChI is InChI=1S/C19H18N2O5/c22-17-15-13-5-6-14(26-13)16(15)18(23)21(17)12(19(24)25)7-9-8-20-11-4-2-1-3-10(9)11/h1-4,8,12-16,20H,5-7H2,(H,24,25)/t12-,13-,14+,15-,16+/m1/s1. The van der Waals surface area contributed by atoms with Crippen LogP contribution in [0.1, 0.15) is 18.4 Å². The Hall–Kier alpha value is -2.67. The van der Waals surface area contributed by atoms with Crippen molar-refractivity contribution in [1.29, 1.82) is 0 Å². The van der Waals surface area contributed by atoms with Gasteiger partial charge in [0.2, 0.25) is 11.8 Å². The Morgan fingerprint density at radius 1 is 1.19 bits per heavy atom. The molecule has 134 valence electrons. The van der Waals surface area contributed by atoms with Gasteiger partial charge in [-0.1, -0.05) is 18.2 Å². The van der Waals surface area contributed by atoms with Crippen LogP contribution in [0.4, 0.5) is 0 Å². The van der Waals surface area contributed by atoms with Gasteiger partial charge in [0, 0.05) is 23.5 Å². The van der Waals surface area contributed by atoms with Gasteiger partial charge in [-0.2, -0.15) is 0 Å². The van der Waals surface area contributed by atoms with Crippen molar-refractivity contribution >= 4 is 28.7 Å². The number of para-hydroxylation sites is 1. The van der Waals surface area contributed by atoms with E-state index in [1.54, 1.807) is 6.20 Å². The number of carbonyl (C=O) groups is 3. The van der Waals surface area contributed by atoms with E-state index in [1.165, 1.54) is 0 Å². The predicted molar refractivity (Wildman–Crippen MR) is 90.2 cm³/mol. The smallest absolute Gasteiger partial charge is 0.327 e. The summed E-state index contributed by atoms with van der Waals surface area (Å²) in [5.41, 5.74) is 1.68. The van der Waals surface area contributed by atoms with E-state index in [-0.39, 0.29) is 30.4 Å². The van der Waals surface area contributed by atoms with Gasteiger partial charge in [-0.3, -0.25) is 14.5 Å². The number of aromatic amines is 1. The van der Waals surface area contributed by atoms with Crippen molar-refractivity contribution in [3.05, 3.63) is 36.0 Å². The van der Waals surface area contributed by atoms with Gasteiger partial charge in [-0.25, -0.2) is 4.79 Å². The van der Waals surface area contributed by atoms with E-state index in [0.717, 1.165) is 34.2 Å². The number of ether oxygens (including phenoxy) is 1. The van der Waals surface area contributed by atoms with Crippen LogP contribution in [0.15, 0.2) is 30.5 Å². The number of benzene rings is 1. The fraction of sp³-hybridized carbons (Fsp3) is 0.421. The van der Waals surface area contributed by atoms with E-state index in [1.807, 2.05) is 24.3 Å². The van der Waals surface area contributed by atoms with Gasteiger partial charge in [0.05, 0.1) is 24.0 Å². The number of likely N-dealkylation sites (tertiary alicyclic amines) is 1. The number of carboxylic acids is 1. The number of nitrogens with one attached hydrogen (secondary N) is 1. The first-order chi connectivity index (χ1) is 12.6. The minimum Gasteiger partial charge on any atom is -0.480 e. The lowest BCUT2D eigenvalue weighted by Crippen LogP contribution is -2.48. The fourth-order valence-electron chi connectivity index (χ4n) is 4.84. The maximum Gasteiger partial charge on any atom is 0.327 e. The van der Waals surface area contributed by atoms with Crippen molar-refractivity contribution < 1.29 is 24.2 Å². The number of aliphatic carboxylic acids is 1. The molecule has 0 saturated carbocycles. The summed E-state index contributed by atoms with van der Waals surface area (Å²) in [7, 11) is 0. The van der Waals surface area contributed by atoms with E-state index in [2.05, 4.69) is 4.98 Å². The Bertz CT molecular complexity index is 907. The van der Waals surface area contributed by atoms with Crippen molar-refractivity contribution in [2.45, 2.75) is 37.5 Å². The summed E-state index contributed by atoms with van der Waals surface area (Å²) < 4.78 is 5.71. The van der Waals surface area contributed by atoms with Crippen LogP contribution in [-0.4, -0.2) is 51.0 Å². The van der Waals surface area contributed by atoms with Gasteiger partial charge in [0.15, 0.2) is 0 Å². The highest BCUT2D eigenvalue weighted by atomic mass is 16.5. The Balaban J connectivity index is 1.49. The molecule has 2 aromatic rings. The third-order valence-electron chi connectivity index (χ3n) is 6.00. The number of carbonyl (C=O) groups excluding carboxylic acids is 2. The van der Waals surface area contributed by atoms with Crippen molar-refractivity contribution in [1.82, 2.24) is 9.88 Å². The molecule has 2 bridgehead atoms. The first-order valence-electron chi connectivity index (χ1n) is 8.86. The molecule has 3 saturated heterocycles. The van der Waals surface area contributed by atoms with Gasteiger partial charge in [-0.15, -0.1) is 0 Å². The molecule has 7 nitrogen and oxygen atoms in total. The van der Waals surface area contributed by atoms with Crippen LogP contribution in [0.2, 0.25) is 0 Å². The Labute approximate surface area is 148 Å². The number of fused-ring (bicyclic) bond motifs is 6. The summed E-state index contributed by atoms with van der Waals surface area (Å²) in [5, 5.41) is 10.7. The highest BCUT2D eigenvalue weighted by molar-refractivity contribution is 6.08. The number of hydrogen-bond donors (Lipinski definition) is 2. The van der Waals surface area contributed by atoms with Crippen LogP contribution >= 0.6 is 0 Å². The first kappa shape index (κ1) is 15.6. The number of hydrogen-bond acceptors (Lipinski definition) is 4. The Morgan fingerprint density at radius 2 is 1.85 bits per heavy atom. The van der Waals surface area contributed by atoms with E-state index < -0.39 is 23.8 Å². The number of aromatic nitrogens is 1. The molecule has 3 aliphatic rings. The third kappa shape index (κ3) is 2.00. The van der Waals surface area contributed by atoms with Crippen molar-refractivity contribution in [2.24, 2.45) is 11.8 Å². The van der Waals surface area contributed by atoms with Crippen molar-refractivity contribution in [3.63, 3.8) is 0 Å². The molecule has 0 radical (unpaired) electrons. The molecule has 1 aromatic heterocycles. The number of imide groups is 1. The molecule has 4 heterocycles. The highest BCUT2D eigenvalue weighted by Gasteiger charge is 2.63. The number of nitrogens with zero attached hydrogens (tertiary/aromatic N) is 1. The monoisotopic (exact) mass is 354 g/mol. The first-order valence-corrected chi connectivity index (χ1v) is 8.86. The van der Waals surface area contributed by atoms with Gasteiger partial charge in [0.25, 0.3) is 0 Å². The second-order valence-electron chi connectivity index (χ2n) is 7.31. The highest BCUT2D eigenvalue weighted by Crippen LogP contribution is 2.49. The molecule has 3 aliphatic heterocycles. The molecular weight excluding hydrogens is 336 g/mol. The normalized spacial score (nSPS) is 31.0. The molecule has 3 fully saturated rings. The number of amides is 2. The summed E-state index contributed by atoms with van der Waals surface area (Å²) in [6.07, 6.45) is 2.88. The zero-order valence-electron chi connectivity index (χ0n) is 13.9. The van der Waals surface area contributed by atoms with Crippen LogP contribution in [0.3, 0.4) is 0 Å². The Morgan fingerprint density at radius 3 is 2.50 bits per heavy atom. The van der Waals surface area contributed by atoms with Gasteiger partial charge >= 0.3 is 5.97 Å². The summed E-state index contributed by atoms with van der Waals surface area (Å²) in [5.74, 6) is -2.96. The SMILES string of the molecule is O=C(O)[C@@H](Cc1c[nH]c2ccccc12)N1C(=O)[C@@H]2[C@H](C1=O)[C@H]1CC[C@@H]2O1. The molecule has 5 atom stereocenters. The average Bonchev–Trinajstić information content (AvgIpc) is 3.37. The predicted octanol–water partition coefficient (Wildman–Crippen LogP) is 1.33. The molecule has 2 N–H and O–H groups in total. The molecule has 7 heteroatoms. The van der Waals surface area contributed by atoms with Gasteiger partial charge < -0.3 is 14.8 Å². The summed E-state index contributed by atoms with van der Waals surface area (Å²) in [4.78, 5) is 41.8. The lowest BCUT2D eigenvalue weighted by Gasteiger charge is -2.24. The molecule has 0 unspecified atom stereocenters. The summed E-state index contributed by atoms with van der Waals surface area (Å²) in [6, 6.07) is 6.37. The van der Waals surface area contributed by atoms with Crippen LogP contribution < -0.4 is 0 Å². The number of H-pyrrole nitrogens is 1. The molecular formula is C19H18N2O5. The lowest BCUT2D eigenvalue weighted by atomic mass is 9.81. The van der Waals surface area contributed by atoms with Gasteiger partial charge in [-0.05, 0) is 24.5 Å². The van der Waals surface area contributed by atoms with E-state index in [0.29, 0.717) is 0 Å². The second kappa shape index (κ2) is 5.41. The van der Waals surface area contributed by atoms with Crippen molar-refractivity contribution in [2.75, 3.05) is 0 Å².